The smallest absolute Gasteiger partial charge is 0.433 e. The predicted molar refractivity (Wildman–Crippen MR) is 110 cm³/mol. The van der Waals surface area contributed by atoms with Crippen molar-refractivity contribution >= 4 is 22.5 Å². The SMILES string of the molecule is COc1ccc(-c2nc(C(=O)NC3CCCC3=N)c(CN)o2)c2ccc(C(F)(F)F)nc12. The molecule has 1 aliphatic carbocycles. The van der Waals surface area contributed by atoms with Crippen molar-refractivity contribution < 1.29 is 27.1 Å². The Morgan fingerprint density at radius 1 is 1.31 bits per heavy atom. The minimum Gasteiger partial charge on any atom is -0.494 e. The highest BCUT2D eigenvalue weighted by Crippen LogP contribution is 2.37. The van der Waals surface area contributed by atoms with Gasteiger partial charge in [0.2, 0.25) is 5.89 Å². The Kier molecular flexibility index (Phi) is 5.59. The summed E-state index contributed by atoms with van der Waals surface area (Å²) in [5.74, 6) is -0.220. The third-order valence-corrected chi connectivity index (χ3v) is 5.32. The Bertz CT molecular complexity index is 1210. The van der Waals surface area contributed by atoms with Crippen molar-refractivity contribution in [2.24, 2.45) is 5.73 Å². The van der Waals surface area contributed by atoms with Gasteiger partial charge in [-0.2, -0.15) is 13.2 Å². The van der Waals surface area contributed by atoms with Crippen LogP contribution in [0.2, 0.25) is 0 Å². The van der Waals surface area contributed by atoms with Gasteiger partial charge in [0.05, 0.1) is 19.7 Å². The monoisotopic (exact) mass is 447 g/mol. The fourth-order valence-electron chi connectivity index (χ4n) is 3.71. The minimum atomic E-state index is -4.62. The molecule has 1 aromatic carbocycles. The molecule has 1 amide bonds. The number of hydrogen-bond acceptors (Lipinski definition) is 7. The maximum Gasteiger partial charge on any atom is 0.433 e. The highest BCUT2D eigenvalue weighted by molar-refractivity contribution is 6.00. The topological polar surface area (TPSA) is 127 Å². The Labute approximate surface area is 180 Å². The molecule has 4 rings (SSSR count). The summed E-state index contributed by atoms with van der Waals surface area (Å²) in [7, 11) is 1.33. The van der Waals surface area contributed by atoms with Gasteiger partial charge >= 0.3 is 6.18 Å². The molecule has 0 radical (unpaired) electrons. The number of amides is 1. The summed E-state index contributed by atoms with van der Waals surface area (Å²) >= 11 is 0. The van der Waals surface area contributed by atoms with E-state index in [4.69, 9.17) is 20.3 Å². The first kappa shape index (κ1) is 21.8. The molecule has 11 heteroatoms. The second-order valence-electron chi connectivity index (χ2n) is 7.34. The zero-order valence-electron chi connectivity index (χ0n) is 17.0. The molecule has 2 aromatic heterocycles. The van der Waals surface area contributed by atoms with Crippen molar-refractivity contribution in [1.82, 2.24) is 15.3 Å². The molecular weight excluding hydrogens is 427 g/mol. The van der Waals surface area contributed by atoms with E-state index in [1.165, 1.54) is 19.2 Å². The minimum absolute atomic E-state index is 0.0160. The van der Waals surface area contributed by atoms with Gasteiger partial charge in [-0.25, -0.2) is 9.97 Å². The van der Waals surface area contributed by atoms with Gasteiger partial charge in [-0.15, -0.1) is 0 Å². The molecule has 1 aliphatic rings. The number of pyridine rings is 1. The molecule has 8 nitrogen and oxygen atoms in total. The normalized spacial score (nSPS) is 16.5. The molecule has 1 atom stereocenters. The van der Waals surface area contributed by atoms with Crippen LogP contribution in [0.1, 0.15) is 41.2 Å². The molecule has 168 valence electrons. The van der Waals surface area contributed by atoms with E-state index in [9.17, 15) is 18.0 Å². The number of fused-ring (bicyclic) bond motifs is 1. The Morgan fingerprint density at radius 2 is 2.09 bits per heavy atom. The molecule has 32 heavy (non-hydrogen) atoms. The van der Waals surface area contributed by atoms with Gasteiger partial charge in [0.1, 0.15) is 17.0 Å². The number of carbonyl (C=O) groups excluding carboxylic acids is 1. The van der Waals surface area contributed by atoms with Crippen LogP contribution in [-0.4, -0.2) is 34.7 Å². The number of oxazole rings is 1. The van der Waals surface area contributed by atoms with Crippen LogP contribution < -0.4 is 15.8 Å². The standard InChI is InChI=1S/C21H20F3N5O3/c1-31-14-7-5-11(10-6-8-16(21(22,23)24)28-17(10)14)20-29-18(15(9-25)32-20)19(30)27-13-4-2-3-12(13)26/h5-8,13,26H,2-4,9,25H2,1H3,(H,27,30). The maximum absolute atomic E-state index is 13.2. The lowest BCUT2D eigenvalue weighted by molar-refractivity contribution is -0.140. The van der Waals surface area contributed by atoms with E-state index >= 15 is 0 Å². The number of benzene rings is 1. The molecule has 4 N–H and O–H groups in total. The van der Waals surface area contributed by atoms with Gasteiger partial charge in [-0.05, 0) is 43.5 Å². The van der Waals surface area contributed by atoms with E-state index in [-0.39, 0.29) is 41.2 Å². The van der Waals surface area contributed by atoms with Gasteiger partial charge < -0.3 is 25.6 Å². The summed E-state index contributed by atoms with van der Waals surface area (Å²) in [6.45, 7) is -0.109. The zero-order chi connectivity index (χ0) is 23.0. The third kappa shape index (κ3) is 3.91. The summed E-state index contributed by atoms with van der Waals surface area (Å²) in [6, 6.07) is 4.78. The highest BCUT2D eigenvalue weighted by Gasteiger charge is 2.33. The quantitative estimate of drug-likeness (QED) is 0.548. The number of hydrogen-bond donors (Lipinski definition) is 3. The van der Waals surface area contributed by atoms with Crippen LogP contribution in [0.25, 0.3) is 22.4 Å². The number of carbonyl (C=O) groups is 1. The van der Waals surface area contributed by atoms with E-state index in [1.807, 2.05) is 0 Å². The van der Waals surface area contributed by atoms with Gasteiger partial charge in [-0.1, -0.05) is 0 Å². The Hall–Kier alpha value is -3.47. The Balaban J connectivity index is 1.77. The van der Waals surface area contributed by atoms with E-state index in [0.717, 1.165) is 12.5 Å². The van der Waals surface area contributed by atoms with E-state index < -0.39 is 17.8 Å². The van der Waals surface area contributed by atoms with Crippen molar-refractivity contribution in [2.45, 2.75) is 38.0 Å². The van der Waals surface area contributed by atoms with Crippen LogP contribution >= 0.6 is 0 Å². The number of alkyl halides is 3. The first-order chi connectivity index (χ1) is 15.2. The molecular formula is C21H20F3N5O3. The van der Waals surface area contributed by atoms with Gasteiger partial charge in [-0.3, -0.25) is 4.79 Å². The number of ether oxygens (including phenoxy) is 1. The summed E-state index contributed by atoms with van der Waals surface area (Å²) < 4.78 is 50.3. The molecule has 1 saturated carbocycles. The fraction of sp³-hybridized carbons (Fsp3) is 0.333. The second kappa shape index (κ2) is 8.23. The fourth-order valence-corrected chi connectivity index (χ4v) is 3.71. The van der Waals surface area contributed by atoms with Gasteiger partial charge in [0.25, 0.3) is 5.91 Å². The molecule has 0 saturated heterocycles. The lowest BCUT2D eigenvalue weighted by Gasteiger charge is -2.11. The van der Waals surface area contributed by atoms with Crippen LogP contribution in [0.15, 0.2) is 28.7 Å². The van der Waals surface area contributed by atoms with Crippen molar-refractivity contribution in [2.75, 3.05) is 7.11 Å². The lowest BCUT2D eigenvalue weighted by Crippen LogP contribution is -2.38. The Morgan fingerprint density at radius 3 is 2.72 bits per heavy atom. The molecule has 0 aliphatic heterocycles. The number of methoxy groups -OCH3 is 1. The van der Waals surface area contributed by atoms with Crippen LogP contribution in [0, 0.1) is 5.41 Å². The number of nitrogens with two attached hydrogens (primary N) is 1. The molecule has 0 spiro atoms. The molecule has 1 fully saturated rings. The zero-order valence-corrected chi connectivity index (χ0v) is 17.0. The lowest BCUT2D eigenvalue weighted by atomic mass is 10.1. The maximum atomic E-state index is 13.2. The summed E-state index contributed by atoms with van der Waals surface area (Å²) in [5, 5.41) is 11.0. The van der Waals surface area contributed by atoms with E-state index in [1.54, 1.807) is 6.07 Å². The van der Waals surface area contributed by atoms with E-state index in [2.05, 4.69) is 15.3 Å². The first-order valence-electron chi connectivity index (χ1n) is 9.86. The average Bonchev–Trinajstić information content (AvgIpc) is 3.38. The molecule has 2 heterocycles. The van der Waals surface area contributed by atoms with Crippen molar-refractivity contribution in [3.05, 3.63) is 41.4 Å². The van der Waals surface area contributed by atoms with E-state index in [0.29, 0.717) is 29.5 Å². The van der Waals surface area contributed by atoms with Crippen LogP contribution in [0.4, 0.5) is 13.2 Å². The molecule has 3 aromatic rings. The number of rotatable bonds is 5. The van der Waals surface area contributed by atoms with Gasteiger partial charge in [0, 0.05) is 16.7 Å². The first-order valence-corrected chi connectivity index (χ1v) is 9.86. The number of aromatic nitrogens is 2. The summed E-state index contributed by atoms with van der Waals surface area (Å²) in [5.41, 5.74) is 5.41. The number of nitrogens with zero attached hydrogens (tertiary/aromatic N) is 2. The van der Waals surface area contributed by atoms with Crippen LogP contribution in [0.5, 0.6) is 5.75 Å². The van der Waals surface area contributed by atoms with Crippen LogP contribution in [-0.2, 0) is 12.7 Å². The van der Waals surface area contributed by atoms with Crippen molar-refractivity contribution in [3.63, 3.8) is 0 Å². The van der Waals surface area contributed by atoms with Gasteiger partial charge in [0.15, 0.2) is 11.5 Å². The predicted octanol–water partition coefficient (Wildman–Crippen LogP) is 3.68. The largest absolute Gasteiger partial charge is 0.494 e. The highest BCUT2D eigenvalue weighted by atomic mass is 19.4. The summed E-state index contributed by atoms with van der Waals surface area (Å²) in [6.07, 6.45) is -2.50. The van der Waals surface area contributed by atoms with Crippen LogP contribution in [0.3, 0.4) is 0 Å². The summed E-state index contributed by atoms with van der Waals surface area (Å²) in [4.78, 5) is 20.7. The number of nitrogens with one attached hydrogen (secondary N) is 2. The number of halogens is 3. The third-order valence-electron chi connectivity index (χ3n) is 5.32. The molecule has 1 unspecified atom stereocenters. The second-order valence-corrected chi connectivity index (χ2v) is 7.34. The van der Waals surface area contributed by atoms with Crippen molar-refractivity contribution in [1.29, 1.82) is 5.41 Å². The molecule has 0 bridgehead atoms. The average molecular weight is 447 g/mol. The van der Waals surface area contributed by atoms with Crippen molar-refractivity contribution in [3.8, 4) is 17.2 Å².